The maximum atomic E-state index is 13.3. The summed E-state index contributed by atoms with van der Waals surface area (Å²) in [5.74, 6) is -0.277. The van der Waals surface area contributed by atoms with E-state index in [4.69, 9.17) is 23.2 Å². The molecule has 0 aliphatic heterocycles. The highest BCUT2D eigenvalue weighted by Crippen LogP contribution is 2.23. The van der Waals surface area contributed by atoms with Crippen LogP contribution in [0.1, 0.15) is 43.7 Å². The fourth-order valence-electron chi connectivity index (χ4n) is 3.74. The SMILES string of the molecule is CC(C(=O)NC1CCCC1)N(Cc1cccc(Br)c1)C(=O)Cc1ccc(Cl)cc1Cl. The van der Waals surface area contributed by atoms with Crippen molar-refractivity contribution in [3.05, 3.63) is 68.1 Å². The molecule has 1 unspecified atom stereocenters. The summed E-state index contributed by atoms with van der Waals surface area (Å²) in [6, 6.07) is 12.4. The van der Waals surface area contributed by atoms with Crippen LogP contribution < -0.4 is 5.32 Å². The highest BCUT2D eigenvalue weighted by atomic mass is 79.9. The molecule has 0 aromatic heterocycles. The molecule has 7 heteroatoms. The predicted molar refractivity (Wildman–Crippen MR) is 125 cm³/mol. The zero-order valence-corrected chi connectivity index (χ0v) is 19.9. The van der Waals surface area contributed by atoms with E-state index in [0.29, 0.717) is 22.2 Å². The lowest BCUT2D eigenvalue weighted by Gasteiger charge is -2.30. The smallest absolute Gasteiger partial charge is 0.242 e. The van der Waals surface area contributed by atoms with Crippen molar-refractivity contribution in [3.63, 3.8) is 0 Å². The number of nitrogens with zero attached hydrogens (tertiary/aromatic N) is 1. The van der Waals surface area contributed by atoms with Gasteiger partial charge in [-0.05, 0) is 55.2 Å². The number of carbonyl (C=O) groups is 2. The van der Waals surface area contributed by atoms with Crippen molar-refractivity contribution in [1.29, 1.82) is 0 Å². The lowest BCUT2D eigenvalue weighted by Crippen LogP contribution is -2.50. The second-order valence-electron chi connectivity index (χ2n) is 7.73. The van der Waals surface area contributed by atoms with Gasteiger partial charge in [0.2, 0.25) is 11.8 Å². The first-order valence-electron chi connectivity index (χ1n) is 10.1. The molecule has 1 saturated carbocycles. The molecule has 0 heterocycles. The molecule has 1 aliphatic carbocycles. The van der Waals surface area contributed by atoms with Crippen molar-refractivity contribution in [2.24, 2.45) is 0 Å². The van der Waals surface area contributed by atoms with Crippen molar-refractivity contribution >= 4 is 50.9 Å². The van der Waals surface area contributed by atoms with Gasteiger partial charge in [0, 0.05) is 27.1 Å². The van der Waals surface area contributed by atoms with Crippen LogP contribution in [0.5, 0.6) is 0 Å². The Hall–Kier alpha value is -1.56. The average molecular weight is 512 g/mol. The highest BCUT2D eigenvalue weighted by molar-refractivity contribution is 9.10. The quantitative estimate of drug-likeness (QED) is 0.512. The molecule has 1 aliphatic rings. The van der Waals surface area contributed by atoms with Crippen LogP contribution in [0.4, 0.5) is 0 Å². The summed E-state index contributed by atoms with van der Waals surface area (Å²) in [4.78, 5) is 27.8. The van der Waals surface area contributed by atoms with Crippen LogP contribution >= 0.6 is 39.1 Å². The van der Waals surface area contributed by atoms with Crippen molar-refractivity contribution in [3.8, 4) is 0 Å². The minimum absolute atomic E-state index is 0.102. The Labute approximate surface area is 196 Å². The molecule has 1 atom stereocenters. The molecule has 2 aromatic carbocycles. The Kier molecular flexibility index (Phi) is 8.20. The second kappa shape index (κ2) is 10.7. The van der Waals surface area contributed by atoms with Crippen molar-refractivity contribution in [2.45, 2.75) is 57.7 Å². The molecule has 0 radical (unpaired) electrons. The minimum atomic E-state index is -0.594. The Morgan fingerprint density at radius 1 is 1.17 bits per heavy atom. The molecule has 4 nitrogen and oxygen atoms in total. The van der Waals surface area contributed by atoms with E-state index in [0.717, 1.165) is 35.7 Å². The van der Waals surface area contributed by atoms with Gasteiger partial charge in [0.25, 0.3) is 0 Å². The number of halogens is 3. The van der Waals surface area contributed by atoms with Gasteiger partial charge in [0.15, 0.2) is 0 Å². The first-order valence-corrected chi connectivity index (χ1v) is 11.7. The lowest BCUT2D eigenvalue weighted by molar-refractivity contribution is -0.140. The number of amides is 2. The van der Waals surface area contributed by atoms with Crippen LogP contribution in [0.15, 0.2) is 46.9 Å². The van der Waals surface area contributed by atoms with Gasteiger partial charge >= 0.3 is 0 Å². The molecule has 30 heavy (non-hydrogen) atoms. The number of benzene rings is 2. The summed E-state index contributed by atoms with van der Waals surface area (Å²) >= 11 is 15.7. The number of carbonyl (C=O) groups excluding carboxylic acids is 2. The lowest BCUT2D eigenvalue weighted by atomic mass is 10.1. The third-order valence-electron chi connectivity index (χ3n) is 5.47. The van der Waals surface area contributed by atoms with E-state index >= 15 is 0 Å². The summed E-state index contributed by atoms with van der Waals surface area (Å²) in [5, 5.41) is 4.07. The molecular weight excluding hydrogens is 487 g/mol. The fourth-order valence-corrected chi connectivity index (χ4v) is 4.66. The largest absolute Gasteiger partial charge is 0.352 e. The van der Waals surface area contributed by atoms with E-state index in [1.165, 1.54) is 0 Å². The van der Waals surface area contributed by atoms with E-state index in [2.05, 4.69) is 21.2 Å². The predicted octanol–water partition coefficient (Wildman–Crippen LogP) is 5.77. The van der Waals surface area contributed by atoms with Crippen LogP contribution in [0.25, 0.3) is 0 Å². The van der Waals surface area contributed by atoms with Gasteiger partial charge in [0.1, 0.15) is 6.04 Å². The van der Waals surface area contributed by atoms with Gasteiger partial charge in [0.05, 0.1) is 6.42 Å². The normalized spacial score (nSPS) is 15.1. The Morgan fingerprint density at radius 2 is 1.90 bits per heavy atom. The van der Waals surface area contributed by atoms with Crippen LogP contribution in [0, 0.1) is 0 Å². The minimum Gasteiger partial charge on any atom is -0.352 e. The summed E-state index contributed by atoms with van der Waals surface area (Å²) in [5.41, 5.74) is 1.63. The molecule has 2 amide bonds. The third-order valence-corrected chi connectivity index (χ3v) is 6.55. The van der Waals surface area contributed by atoms with E-state index in [1.807, 2.05) is 24.3 Å². The van der Waals surface area contributed by atoms with Gasteiger partial charge in [-0.15, -0.1) is 0 Å². The van der Waals surface area contributed by atoms with Crippen LogP contribution in [0.3, 0.4) is 0 Å². The average Bonchev–Trinajstić information content (AvgIpc) is 3.20. The first kappa shape index (κ1) is 23.1. The molecule has 1 N–H and O–H groups in total. The Bertz CT molecular complexity index is 916. The molecule has 0 saturated heterocycles. The molecule has 160 valence electrons. The monoisotopic (exact) mass is 510 g/mol. The van der Waals surface area contributed by atoms with Crippen LogP contribution in [0.2, 0.25) is 10.0 Å². The first-order chi connectivity index (χ1) is 14.3. The maximum Gasteiger partial charge on any atom is 0.242 e. The van der Waals surface area contributed by atoms with Crippen LogP contribution in [-0.4, -0.2) is 28.8 Å². The molecule has 3 rings (SSSR count). The zero-order valence-electron chi connectivity index (χ0n) is 16.8. The summed E-state index contributed by atoms with van der Waals surface area (Å²) in [6.45, 7) is 2.12. The number of hydrogen-bond donors (Lipinski definition) is 1. The molecular formula is C23H25BrCl2N2O2. The molecule has 0 bridgehead atoms. The van der Waals surface area contributed by atoms with Gasteiger partial charge in [-0.25, -0.2) is 0 Å². The maximum absolute atomic E-state index is 13.3. The van der Waals surface area contributed by atoms with Crippen molar-refractivity contribution in [2.75, 3.05) is 0 Å². The van der Waals surface area contributed by atoms with Gasteiger partial charge in [-0.1, -0.05) is 70.2 Å². The summed E-state index contributed by atoms with van der Waals surface area (Å²) in [7, 11) is 0. The Morgan fingerprint density at radius 3 is 2.57 bits per heavy atom. The number of nitrogens with one attached hydrogen (secondary N) is 1. The molecule has 2 aromatic rings. The summed E-state index contributed by atoms with van der Waals surface area (Å²) < 4.78 is 0.927. The standard InChI is InChI=1S/C23H25BrCl2N2O2/c1-15(23(30)27-20-7-2-3-8-20)28(14-16-5-4-6-18(24)11-16)22(29)12-17-9-10-19(25)13-21(17)26/h4-6,9-11,13,15,20H,2-3,7-8,12,14H2,1H3,(H,27,30). The van der Waals surface area contributed by atoms with Gasteiger partial charge in [-0.2, -0.15) is 0 Å². The number of hydrogen-bond acceptors (Lipinski definition) is 2. The highest BCUT2D eigenvalue weighted by Gasteiger charge is 2.28. The van der Waals surface area contributed by atoms with E-state index in [1.54, 1.807) is 30.0 Å². The Balaban J connectivity index is 1.79. The van der Waals surface area contributed by atoms with Crippen molar-refractivity contribution < 1.29 is 9.59 Å². The second-order valence-corrected chi connectivity index (χ2v) is 9.49. The van der Waals surface area contributed by atoms with E-state index < -0.39 is 6.04 Å². The topological polar surface area (TPSA) is 49.4 Å². The fraction of sp³-hybridized carbons (Fsp3) is 0.391. The van der Waals surface area contributed by atoms with Gasteiger partial charge in [-0.3, -0.25) is 9.59 Å². The molecule has 1 fully saturated rings. The van der Waals surface area contributed by atoms with E-state index in [9.17, 15) is 9.59 Å². The van der Waals surface area contributed by atoms with Crippen molar-refractivity contribution in [1.82, 2.24) is 10.2 Å². The van der Waals surface area contributed by atoms with Gasteiger partial charge < -0.3 is 10.2 Å². The summed E-state index contributed by atoms with van der Waals surface area (Å²) in [6.07, 6.45) is 4.37. The van der Waals surface area contributed by atoms with Crippen LogP contribution in [-0.2, 0) is 22.6 Å². The molecule has 0 spiro atoms. The third kappa shape index (κ3) is 6.22. The zero-order chi connectivity index (χ0) is 21.7. The van der Waals surface area contributed by atoms with E-state index in [-0.39, 0.29) is 24.3 Å². The number of rotatable bonds is 7.